The van der Waals surface area contributed by atoms with Crippen molar-refractivity contribution >= 4 is 5.91 Å². The van der Waals surface area contributed by atoms with Crippen molar-refractivity contribution in [2.75, 3.05) is 14.2 Å². The fourth-order valence-corrected chi connectivity index (χ4v) is 2.61. The third-order valence-corrected chi connectivity index (χ3v) is 4.28. The van der Waals surface area contributed by atoms with E-state index < -0.39 is 0 Å². The van der Waals surface area contributed by atoms with E-state index in [4.69, 9.17) is 4.74 Å². The van der Waals surface area contributed by atoms with E-state index in [-0.39, 0.29) is 11.9 Å². The Labute approximate surface area is 146 Å². The number of carbonyl (C=O) groups excluding carboxylic acids is 1. The summed E-state index contributed by atoms with van der Waals surface area (Å²) in [6.45, 7) is 2.00. The zero-order valence-corrected chi connectivity index (χ0v) is 14.5. The van der Waals surface area contributed by atoms with E-state index in [2.05, 4.69) is 10.1 Å². The van der Waals surface area contributed by atoms with Crippen LogP contribution in [0.25, 0.3) is 5.69 Å². The molecule has 0 saturated carbocycles. The number of aromatic nitrogens is 3. The van der Waals surface area contributed by atoms with E-state index in [0.29, 0.717) is 11.3 Å². The van der Waals surface area contributed by atoms with Crippen molar-refractivity contribution in [2.45, 2.75) is 13.0 Å². The standard InChI is InChI=1S/C19H20N4O2/c1-14(15-7-9-17(10-8-15)23-13-20-12-21-23)22(2)19(24)16-5-4-6-18(11-16)25-3/h4-14H,1-3H3. The Morgan fingerprint density at radius 1 is 1.20 bits per heavy atom. The van der Waals surface area contributed by atoms with E-state index in [9.17, 15) is 4.79 Å². The molecule has 1 heterocycles. The number of benzene rings is 2. The first-order valence-electron chi connectivity index (χ1n) is 7.96. The van der Waals surface area contributed by atoms with Crippen LogP contribution in [0.1, 0.15) is 28.9 Å². The van der Waals surface area contributed by atoms with Crippen molar-refractivity contribution in [1.82, 2.24) is 19.7 Å². The van der Waals surface area contributed by atoms with Crippen LogP contribution in [0, 0.1) is 0 Å². The van der Waals surface area contributed by atoms with Gasteiger partial charge in [0.15, 0.2) is 0 Å². The fourth-order valence-electron chi connectivity index (χ4n) is 2.61. The average Bonchev–Trinajstić information content (AvgIpc) is 3.21. The van der Waals surface area contributed by atoms with Crippen LogP contribution in [0.2, 0.25) is 0 Å². The molecule has 1 amide bonds. The second kappa shape index (κ2) is 7.17. The summed E-state index contributed by atoms with van der Waals surface area (Å²) in [6.07, 6.45) is 3.15. The number of amides is 1. The Morgan fingerprint density at radius 2 is 1.96 bits per heavy atom. The van der Waals surface area contributed by atoms with Crippen molar-refractivity contribution in [2.24, 2.45) is 0 Å². The van der Waals surface area contributed by atoms with Gasteiger partial charge in [0, 0.05) is 12.6 Å². The molecule has 0 N–H and O–H groups in total. The van der Waals surface area contributed by atoms with E-state index in [1.165, 1.54) is 6.33 Å². The first-order chi connectivity index (χ1) is 12.1. The minimum Gasteiger partial charge on any atom is -0.497 e. The largest absolute Gasteiger partial charge is 0.497 e. The van der Waals surface area contributed by atoms with Gasteiger partial charge in [-0.25, -0.2) is 9.67 Å². The molecule has 25 heavy (non-hydrogen) atoms. The molecule has 128 valence electrons. The number of hydrogen-bond donors (Lipinski definition) is 0. The topological polar surface area (TPSA) is 60.2 Å². The monoisotopic (exact) mass is 336 g/mol. The molecule has 6 heteroatoms. The van der Waals surface area contributed by atoms with E-state index in [1.54, 1.807) is 42.2 Å². The molecular formula is C19H20N4O2. The Kier molecular flexibility index (Phi) is 4.79. The molecule has 1 unspecified atom stereocenters. The maximum absolute atomic E-state index is 12.7. The van der Waals surface area contributed by atoms with Gasteiger partial charge < -0.3 is 9.64 Å². The Hall–Kier alpha value is -3.15. The van der Waals surface area contributed by atoms with Crippen molar-refractivity contribution in [3.63, 3.8) is 0 Å². The summed E-state index contributed by atoms with van der Waals surface area (Å²) in [4.78, 5) is 18.4. The summed E-state index contributed by atoms with van der Waals surface area (Å²) in [5.41, 5.74) is 2.57. The first kappa shape index (κ1) is 16.7. The lowest BCUT2D eigenvalue weighted by atomic mass is 10.1. The molecule has 0 radical (unpaired) electrons. The van der Waals surface area contributed by atoms with Crippen LogP contribution < -0.4 is 4.74 Å². The maximum atomic E-state index is 12.7. The fraction of sp³-hybridized carbons (Fsp3) is 0.211. The summed E-state index contributed by atoms with van der Waals surface area (Å²) in [5.74, 6) is 0.621. The van der Waals surface area contributed by atoms with Crippen molar-refractivity contribution in [1.29, 1.82) is 0 Å². The molecule has 0 aliphatic rings. The van der Waals surface area contributed by atoms with Gasteiger partial charge in [-0.3, -0.25) is 4.79 Å². The van der Waals surface area contributed by atoms with Crippen LogP contribution in [0.5, 0.6) is 5.75 Å². The van der Waals surface area contributed by atoms with Gasteiger partial charge in [0.2, 0.25) is 0 Å². The smallest absolute Gasteiger partial charge is 0.254 e. The highest BCUT2D eigenvalue weighted by Gasteiger charge is 2.19. The molecule has 0 spiro atoms. The highest BCUT2D eigenvalue weighted by Crippen LogP contribution is 2.23. The molecule has 0 aliphatic carbocycles. The number of rotatable bonds is 5. The summed E-state index contributed by atoms with van der Waals surface area (Å²) < 4.78 is 6.89. The highest BCUT2D eigenvalue weighted by molar-refractivity contribution is 5.94. The molecule has 0 aliphatic heterocycles. The number of ether oxygens (including phenoxy) is 1. The van der Waals surface area contributed by atoms with Crippen LogP contribution in [-0.4, -0.2) is 39.7 Å². The van der Waals surface area contributed by atoms with Gasteiger partial charge in [-0.15, -0.1) is 0 Å². The van der Waals surface area contributed by atoms with Gasteiger partial charge in [0.05, 0.1) is 18.8 Å². The highest BCUT2D eigenvalue weighted by atomic mass is 16.5. The minimum absolute atomic E-state index is 0.0493. The van der Waals surface area contributed by atoms with Crippen LogP contribution in [0.4, 0.5) is 0 Å². The normalized spacial score (nSPS) is 11.8. The summed E-state index contributed by atoms with van der Waals surface area (Å²) >= 11 is 0. The average molecular weight is 336 g/mol. The van der Waals surface area contributed by atoms with Gasteiger partial charge in [-0.05, 0) is 42.8 Å². The van der Waals surface area contributed by atoms with E-state index in [1.807, 2.05) is 43.3 Å². The molecule has 0 bridgehead atoms. The quantitative estimate of drug-likeness (QED) is 0.718. The second-order valence-corrected chi connectivity index (χ2v) is 5.76. The lowest BCUT2D eigenvalue weighted by Gasteiger charge is -2.25. The van der Waals surface area contributed by atoms with Gasteiger partial charge in [-0.1, -0.05) is 18.2 Å². The van der Waals surface area contributed by atoms with Crippen molar-refractivity contribution in [3.05, 3.63) is 72.3 Å². The Bertz CT molecular complexity index is 844. The third-order valence-electron chi connectivity index (χ3n) is 4.28. The van der Waals surface area contributed by atoms with Crippen LogP contribution in [-0.2, 0) is 0 Å². The molecule has 1 atom stereocenters. The summed E-state index contributed by atoms with van der Waals surface area (Å²) in [7, 11) is 3.39. The van der Waals surface area contributed by atoms with Gasteiger partial charge >= 0.3 is 0 Å². The maximum Gasteiger partial charge on any atom is 0.254 e. The molecule has 3 aromatic rings. The molecule has 0 saturated heterocycles. The van der Waals surface area contributed by atoms with Crippen molar-refractivity contribution in [3.8, 4) is 11.4 Å². The molecule has 6 nitrogen and oxygen atoms in total. The second-order valence-electron chi connectivity index (χ2n) is 5.76. The number of carbonyl (C=O) groups is 1. The molecule has 1 aromatic heterocycles. The lowest BCUT2D eigenvalue weighted by Crippen LogP contribution is -2.29. The third kappa shape index (κ3) is 3.52. The minimum atomic E-state index is -0.0662. The Balaban J connectivity index is 1.77. The SMILES string of the molecule is COc1cccc(C(=O)N(C)C(C)c2ccc(-n3cncn3)cc2)c1. The van der Waals surface area contributed by atoms with Gasteiger partial charge in [0.1, 0.15) is 18.4 Å². The molecular weight excluding hydrogens is 316 g/mol. The van der Waals surface area contributed by atoms with Crippen molar-refractivity contribution < 1.29 is 9.53 Å². The molecule has 3 rings (SSSR count). The van der Waals surface area contributed by atoms with Crippen LogP contribution >= 0.6 is 0 Å². The molecule has 0 fully saturated rings. The zero-order valence-electron chi connectivity index (χ0n) is 14.5. The summed E-state index contributed by atoms with van der Waals surface area (Å²) in [5, 5.41) is 4.11. The van der Waals surface area contributed by atoms with Gasteiger partial charge in [-0.2, -0.15) is 5.10 Å². The molecule has 2 aromatic carbocycles. The van der Waals surface area contributed by atoms with Gasteiger partial charge in [0.25, 0.3) is 5.91 Å². The van der Waals surface area contributed by atoms with E-state index in [0.717, 1.165) is 11.3 Å². The first-order valence-corrected chi connectivity index (χ1v) is 7.96. The number of nitrogens with zero attached hydrogens (tertiary/aromatic N) is 4. The predicted octanol–water partition coefficient (Wildman–Crippen LogP) is 3.11. The Morgan fingerprint density at radius 3 is 2.60 bits per heavy atom. The predicted molar refractivity (Wildman–Crippen MR) is 94.9 cm³/mol. The number of hydrogen-bond acceptors (Lipinski definition) is 4. The lowest BCUT2D eigenvalue weighted by molar-refractivity contribution is 0.0742. The zero-order chi connectivity index (χ0) is 17.8. The van der Waals surface area contributed by atoms with E-state index >= 15 is 0 Å². The van der Waals surface area contributed by atoms with Crippen LogP contribution in [0.3, 0.4) is 0 Å². The summed E-state index contributed by atoms with van der Waals surface area (Å²) in [6, 6.07) is 15.0. The van der Waals surface area contributed by atoms with Crippen LogP contribution in [0.15, 0.2) is 61.2 Å². The number of methoxy groups -OCH3 is 1.